The smallest absolute Gasteiger partial charge is 0.321 e. The number of carbonyl (C=O) groups excluding carboxylic acids is 1. The normalized spacial score (nSPS) is 15.2. The van der Waals surface area contributed by atoms with Gasteiger partial charge in [0.2, 0.25) is 0 Å². The molecule has 0 bridgehead atoms. The van der Waals surface area contributed by atoms with Gasteiger partial charge in [-0.3, -0.25) is 4.79 Å². The fraction of sp³-hybridized carbons (Fsp3) is 0.312. The Bertz CT molecular complexity index is 599. The first-order valence-corrected chi connectivity index (χ1v) is 7.79. The van der Waals surface area contributed by atoms with Gasteiger partial charge in [-0.15, -0.1) is 11.3 Å². The molecule has 21 heavy (non-hydrogen) atoms. The molecule has 1 aliphatic rings. The summed E-state index contributed by atoms with van der Waals surface area (Å²) in [4.78, 5) is 13.5. The Balaban J connectivity index is 1.69. The summed E-state index contributed by atoms with van der Waals surface area (Å²) in [6, 6.07) is 11.3. The van der Waals surface area contributed by atoms with E-state index in [1.165, 1.54) is 0 Å². The van der Waals surface area contributed by atoms with E-state index >= 15 is 0 Å². The molecule has 0 saturated carbocycles. The van der Waals surface area contributed by atoms with Crippen molar-refractivity contribution < 1.29 is 14.3 Å². The van der Waals surface area contributed by atoms with Crippen molar-refractivity contribution in [2.24, 2.45) is 5.92 Å². The number of amides is 1. The van der Waals surface area contributed by atoms with Gasteiger partial charge < -0.3 is 14.8 Å². The van der Waals surface area contributed by atoms with Crippen LogP contribution in [0.25, 0.3) is 0 Å². The minimum Gasteiger partial charge on any atom is -0.442 e. The Hall–Kier alpha value is -2.01. The van der Waals surface area contributed by atoms with Crippen LogP contribution in [0.3, 0.4) is 0 Å². The first-order chi connectivity index (χ1) is 10.1. The molecule has 2 heterocycles. The van der Waals surface area contributed by atoms with Gasteiger partial charge in [0.1, 0.15) is 0 Å². The van der Waals surface area contributed by atoms with Gasteiger partial charge in [-0.1, -0.05) is 32.0 Å². The second-order valence-electron chi connectivity index (χ2n) is 5.26. The van der Waals surface area contributed by atoms with Crippen LogP contribution in [0.4, 0.5) is 0 Å². The van der Waals surface area contributed by atoms with Gasteiger partial charge in [0, 0.05) is 4.88 Å². The van der Waals surface area contributed by atoms with Crippen LogP contribution in [-0.2, 0) is 4.79 Å². The van der Waals surface area contributed by atoms with Crippen molar-refractivity contribution in [2.45, 2.75) is 26.2 Å². The lowest BCUT2D eigenvalue weighted by atomic mass is 10.0. The Kier molecular flexibility index (Phi) is 3.84. The first-order valence-electron chi connectivity index (χ1n) is 6.91. The summed E-state index contributed by atoms with van der Waals surface area (Å²) in [5.41, 5.74) is 0. The number of carbonyl (C=O) groups is 1. The van der Waals surface area contributed by atoms with Crippen LogP contribution < -0.4 is 14.8 Å². The van der Waals surface area contributed by atoms with Crippen molar-refractivity contribution in [3.63, 3.8) is 0 Å². The second kappa shape index (κ2) is 5.77. The van der Waals surface area contributed by atoms with E-state index in [9.17, 15) is 4.79 Å². The lowest BCUT2D eigenvalue weighted by Crippen LogP contribution is -2.42. The molecule has 110 valence electrons. The van der Waals surface area contributed by atoms with E-state index in [1.54, 1.807) is 23.5 Å². The second-order valence-corrected chi connectivity index (χ2v) is 6.24. The maximum Gasteiger partial charge on any atom is 0.321 e. The third-order valence-corrected chi connectivity index (χ3v) is 4.30. The molecule has 0 spiro atoms. The van der Waals surface area contributed by atoms with Crippen LogP contribution in [0.5, 0.6) is 11.5 Å². The summed E-state index contributed by atoms with van der Waals surface area (Å²) in [6.07, 6.45) is -0.913. The van der Waals surface area contributed by atoms with Gasteiger partial charge >= 0.3 is 12.2 Å². The van der Waals surface area contributed by atoms with Gasteiger partial charge in [-0.25, -0.2) is 0 Å². The monoisotopic (exact) mass is 303 g/mol. The highest BCUT2D eigenvalue weighted by atomic mass is 32.1. The molecule has 2 aromatic rings. The van der Waals surface area contributed by atoms with Crippen LogP contribution in [0, 0.1) is 5.92 Å². The van der Waals surface area contributed by atoms with Crippen LogP contribution in [-0.4, -0.2) is 12.2 Å². The number of benzene rings is 1. The highest BCUT2D eigenvalue weighted by Crippen LogP contribution is 2.34. The quantitative estimate of drug-likeness (QED) is 0.942. The maximum absolute atomic E-state index is 12.4. The highest BCUT2D eigenvalue weighted by Gasteiger charge is 2.32. The van der Waals surface area contributed by atoms with Crippen molar-refractivity contribution in [1.82, 2.24) is 5.32 Å². The topological polar surface area (TPSA) is 47.6 Å². The molecule has 1 aromatic carbocycles. The van der Waals surface area contributed by atoms with Crippen molar-refractivity contribution in [2.75, 3.05) is 0 Å². The zero-order chi connectivity index (χ0) is 14.8. The van der Waals surface area contributed by atoms with E-state index in [4.69, 9.17) is 9.47 Å². The third kappa shape index (κ3) is 2.88. The standard InChI is InChI=1S/C16H17NO3S/c1-10(2)14(13-8-5-9-21-13)17-15(18)16-19-11-6-3-4-7-12(11)20-16/h3-10,14,16H,1-2H3,(H,17,18). The summed E-state index contributed by atoms with van der Waals surface area (Å²) in [7, 11) is 0. The van der Waals surface area contributed by atoms with E-state index < -0.39 is 6.29 Å². The fourth-order valence-electron chi connectivity index (χ4n) is 2.26. The molecule has 1 aliphatic heterocycles. The number of hydrogen-bond donors (Lipinski definition) is 1. The van der Waals surface area contributed by atoms with Crippen molar-refractivity contribution in [3.8, 4) is 11.5 Å². The summed E-state index contributed by atoms with van der Waals surface area (Å²) in [5, 5.41) is 5.03. The minimum absolute atomic E-state index is 0.0339. The molecule has 1 amide bonds. The third-order valence-electron chi connectivity index (χ3n) is 3.35. The summed E-state index contributed by atoms with van der Waals surface area (Å²) in [5.74, 6) is 1.25. The van der Waals surface area contributed by atoms with E-state index in [-0.39, 0.29) is 17.9 Å². The van der Waals surface area contributed by atoms with Crippen LogP contribution >= 0.6 is 11.3 Å². The Morgan fingerprint density at radius 1 is 1.14 bits per heavy atom. The molecule has 1 N–H and O–H groups in total. The van der Waals surface area contributed by atoms with E-state index in [2.05, 4.69) is 19.2 Å². The number of thiophene rings is 1. The predicted octanol–water partition coefficient (Wildman–Crippen LogP) is 3.36. The molecular formula is C16H17NO3S. The number of ether oxygens (including phenoxy) is 2. The van der Waals surface area contributed by atoms with Gasteiger partial charge in [0.15, 0.2) is 11.5 Å². The molecule has 5 heteroatoms. The molecule has 1 atom stereocenters. The number of rotatable bonds is 4. The van der Waals surface area contributed by atoms with E-state index in [1.807, 2.05) is 29.6 Å². The minimum atomic E-state index is -0.913. The average Bonchev–Trinajstić information content (AvgIpc) is 3.12. The Morgan fingerprint density at radius 2 is 1.81 bits per heavy atom. The summed E-state index contributed by atoms with van der Waals surface area (Å²) in [6.45, 7) is 4.16. The van der Waals surface area contributed by atoms with Crippen LogP contribution in [0.1, 0.15) is 24.8 Å². The number of para-hydroxylation sites is 2. The highest BCUT2D eigenvalue weighted by molar-refractivity contribution is 7.10. The molecule has 3 rings (SSSR count). The summed E-state index contributed by atoms with van der Waals surface area (Å²) >= 11 is 1.63. The number of nitrogens with one attached hydrogen (secondary N) is 1. The SMILES string of the molecule is CC(C)C(NC(=O)C1Oc2ccccc2O1)c1cccs1. The molecule has 0 radical (unpaired) electrons. The number of hydrogen-bond acceptors (Lipinski definition) is 4. The molecule has 1 aromatic heterocycles. The van der Waals surface area contributed by atoms with Gasteiger partial charge in [0.25, 0.3) is 0 Å². The average molecular weight is 303 g/mol. The lowest BCUT2D eigenvalue weighted by molar-refractivity contribution is -0.137. The lowest BCUT2D eigenvalue weighted by Gasteiger charge is -2.22. The molecule has 0 aliphatic carbocycles. The van der Waals surface area contributed by atoms with E-state index in [0.29, 0.717) is 11.5 Å². The number of fused-ring (bicyclic) bond motifs is 1. The van der Waals surface area contributed by atoms with Crippen molar-refractivity contribution in [3.05, 3.63) is 46.7 Å². The van der Waals surface area contributed by atoms with Crippen molar-refractivity contribution >= 4 is 17.2 Å². The summed E-state index contributed by atoms with van der Waals surface area (Å²) < 4.78 is 11.1. The van der Waals surface area contributed by atoms with Crippen LogP contribution in [0.15, 0.2) is 41.8 Å². The van der Waals surface area contributed by atoms with Gasteiger partial charge in [-0.2, -0.15) is 0 Å². The maximum atomic E-state index is 12.4. The Morgan fingerprint density at radius 3 is 2.33 bits per heavy atom. The molecule has 0 fully saturated rings. The zero-order valence-corrected chi connectivity index (χ0v) is 12.7. The van der Waals surface area contributed by atoms with Gasteiger partial charge in [-0.05, 0) is 29.5 Å². The fourth-order valence-corrected chi connectivity index (χ4v) is 3.21. The molecule has 0 saturated heterocycles. The largest absolute Gasteiger partial charge is 0.442 e. The van der Waals surface area contributed by atoms with Crippen molar-refractivity contribution in [1.29, 1.82) is 0 Å². The molecule has 4 nitrogen and oxygen atoms in total. The predicted molar refractivity (Wildman–Crippen MR) is 81.5 cm³/mol. The van der Waals surface area contributed by atoms with Gasteiger partial charge in [0.05, 0.1) is 6.04 Å². The first kappa shape index (κ1) is 13.9. The zero-order valence-electron chi connectivity index (χ0n) is 11.9. The molecule has 1 unspecified atom stereocenters. The molecular weight excluding hydrogens is 286 g/mol. The Labute approximate surface area is 127 Å². The van der Waals surface area contributed by atoms with E-state index in [0.717, 1.165) is 4.88 Å². The van der Waals surface area contributed by atoms with Crippen LogP contribution in [0.2, 0.25) is 0 Å².